The third-order valence-corrected chi connectivity index (χ3v) is 6.75. The Labute approximate surface area is 257 Å². The first-order chi connectivity index (χ1) is 20.9. The van der Waals surface area contributed by atoms with Gasteiger partial charge in [0.15, 0.2) is 0 Å². The van der Waals surface area contributed by atoms with Crippen LogP contribution in [0.4, 0.5) is 22.0 Å². The van der Waals surface area contributed by atoms with Crippen molar-refractivity contribution in [1.29, 1.82) is 0 Å². The molecule has 246 valence electrons. The van der Waals surface area contributed by atoms with Gasteiger partial charge in [-0.15, -0.1) is 0 Å². The molecule has 0 aliphatic carbocycles. The van der Waals surface area contributed by atoms with Crippen LogP contribution < -0.4 is 4.74 Å². The van der Waals surface area contributed by atoms with Gasteiger partial charge in [-0.1, -0.05) is 29.8 Å². The van der Waals surface area contributed by atoms with Gasteiger partial charge in [0.2, 0.25) is 0 Å². The van der Waals surface area contributed by atoms with Gasteiger partial charge in [-0.25, -0.2) is 13.6 Å². The van der Waals surface area contributed by atoms with E-state index in [1.165, 1.54) is 43.8 Å². The van der Waals surface area contributed by atoms with E-state index < -0.39 is 39.1 Å². The number of halogens is 5. The van der Waals surface area contributed by atoms with Gasteiger partial charge < -0.3 is 14.4 Å². The molecule has 0 N–H and O–H groups in total. The average molecular weight is 662 g/mol. The maximum absolute atomic E-state index is 13.6. The molecule has 0 unspecified atom stereocenters. The zero-order valence-electron chi connectivity index (χ0n) is 25.0. The topological polar surface area (TPSA) is 116 Å². The highest BCUT2D eigenvalue weighted by Crippen LogP contribution is 2.23. The molecule has 3 rings (SSSR count). The summed E-state index contributed by atoms with van der Waals surface area (Å²) in [6.45, 7) is 3.43. The molecule has 0 heterocycles. The number of carbonyl (C=O) groups is 3. The number of ether oxygens (including phenoxy) is 1. The summed E-state index contributed by atoms with van der Waals surface area (Å²) in [6.07, 6.45) is 0.914. The Hall–Kier alpha value is -4.37. The smallest absolute Gasteiger partial charge is 0.497 e. The van der Waals surface area contributed by atoms with Gasteiger partial charge >= 0.3 is 21.6 Å². The van der Waals surface area contributed by atoms with E-state index in [-0.39, 0.29) is 24.0 Å². The number of alkyl halides is 3. The summed E-state index contributed by atoms with van der Waals surface area (Å²) in [4.78, 5) is 38.9. The molecule has 0 fully saturated rings. The number of hydrogen-bond donors (Lipinski definition) is 0. The molecule has 3 aromatic rings. The van der Waals surface area contributed by atoms with Gasteiger partial charge in [0.1, 0.15) is 23.7 Å². The van der Waals surface area contributed by atoms with Crippen LogP contribution in [-0.4, -0.2) is 58.4 Å². The minimum Gasteiger partial charge on any atom is -0.497 e. The largest absolute Gasteiger partial charge is 0.523 e. The number of hydroxylamine groups is 2. The molecule has 0 bridgehead atoms. The van der Waals surface area contributed by atoms with Crippen LogP contribution in [0, 0.1) is 25.5 Å². The normalized spacial score (nSPS) is 10.8. The summed E-state index contributed by atoms with van der Waals surface area (Å²) in [6, 6.07) is 16.8. The zero-order chi connectivity index (χ0) is 34.4. The minimum atomic E-state index is -5.34. The average Bonchev–Trinajstić information content (AvgIpc) is 2.99. The van der Waals surface area contributed by atoms with Crippen molar-refractivity contribution in [1.82, 2.24) is 5.06 Å². The van der Waals surface area contributed by atoms with Crippen molar-refractivity contribution in [2.24, 2.45) is 0 Å². The molecule has 0 aliphatic rings. The second-order valence-electron chi connectivity index (χ2n) is 9.12. The first-order valence-electron chi connectivity index (χ1n) is 12.9. The highest BCUT2D eigenvalue weighted by molar-refractivity contribution is 7.87. The fourth-order valence-corrected chi connectivity index (χ4v) is 3.32. The van der Waals surface area contributed by atoms with E-state index in [1.54, 1.807) is 19.2 Å². The number of methoxy groups -OCH3 is 1. The Morgan fingerprint density at radius 3 is 1.84 bits per heavy atom. The first kappa shape index (κ1) is 38.7. The predicted molar refractivity (Wildman–Crippen MR) is 154 cm³/mol. The summed E-state index contributed by atoms with van der Waals surface area (Å²) in [5.74, 6) is -1.51. The molecule has 3 aromatic carbocycles. The molecule has 0 aromatic heterocycles. The van der Waals surface area contributed by atoms with Crippen LogP contribution in [0.5, 0.6) is 5.75 Å². The fourth-order valence-electron chi connectivity index (χ4n) is 3.13. The number of aryl methyl sites for hydroxylation is 1. The lowest BCUT2D eigenvalue weighted by molar-refractivity contribution is -0.161. The lowest BCUT2D eigenvalue weighted by Crippen LogP contribution is -2.29. The molecule has 0 saturated heterocycles. The van der Waals surface area contributed by atoms with Gasteiger partial charge in [0.05, 0.1) is 19.8 Å². The second-order valence-corrected chi connectivity index (χ2v) is 10.8. The lowest BCUT2D eigenvalue weighted by Gasteiger charge is -2.15. The molecule has 0 radical (unpaired) electrons. The van der Waals surface area contributed by atoms with E-state index in [4.69, 9.17) is 9.57 Å². The molecule has 45 heavy (non-hydrogen) atoms. The van der Waals surface area contributed by atoms with Gasteiger partial charge in [0.25, 0.3) is 5.91 Å². The van der Waals surface area contributed by atoms with Crippen LogP contribution in [0.3, 0.4) is 0 Å². The van der Waals surface area contributed by atoms with Gasteiger partial charge in [-0.3, -0.25) is 8.98 Å². The van der Waals surface area contributed by atoms with E-state index in [0.717, 1.165) is 16.4 Å². The van der Waals surface area contributed by atoms with E-state index in [0.29, 0.717) is 25.4 Å². The van der Waals surface area contributed by atoms with Crippen LogP contribution >= 0.6 is 0 Å². The Morgan fingerprint density at radius 2 is 1.42 bits per heavy atom. The highest BCUT2D eigenvalue weighted by atomic mass is 32.2. The Bertz CT molecular complexity index is 1500. The van der Waals surface area contributed by atoms with Gasteiger partial charge in [-0.2, -0.15) is 26.7 Å². The van der Waals surface area contributed by atoms with E-state index >= 15 is 0 Å². The summed E-state index contributed by atoms with van der Waals surface area (Å²) in [5.41, 5.74) is -2.62. The number of carbonyl (C=O) groups excluding carboxylic acids is 3. The van der Waals surface area contributed by atoms with Crippen molar-refractivity contribution >= 4 is 28.3 Å². The zero-order valence-corrected chi connectivity index (χ0v) is 25.8. The third-order valence-electron chi connectivity index (χ3n) is 5.75. The first-order valence-corrected chi connectivity index (χ1v) is 14.3. The van der Waals surface area contributed by atoms with E-state index in [2.05, 4.69) is 11.1 Å². The number of hydrogen-bond acceptors (Lipinski definition) is 8. The molecule has 0 aliphatic heterocycles. The monoisotopic (exact) mass is 661 g/mol. The molecule has 0 saturated carbocycles. The Balaban J connectivity index is 0.000000456. The summed E-state index contributed by atoms with van der Waals surface area (Å²) in [7, 11) is -1.93. The second kappa shape index (κ2) is 17.8. The van der Waals surface area contributed by atoms with Crippen LogP contribution in [-0.2, 0) is 35.1 Å². The molecule has 0 spiro atoms. The number of amides is 1. The number of aldehydes is 1. The molecular formula is C30H32F5NO8S. The Morgan fingerprint density at radius 1 is 0.889 bits per heavy atom. The van der Waals surface area contributed by atoms with Crippen molar-refractivity contribution in [3.63, 3.8) is 0 Å². The quantitative estimate of drug-likeness (QED) is 0.0970. The van der Waals surface area contributed by atoms with Crippen LogP contribution in [0.1, 0.15) is 45.5 Å². The Kier molecular flexibility index (Phi) is 15.3. The number of rotatable bonds is 8. The van der Waals surface area contributed by atoms with Crippen molar-refractivity contribution < 1.29 is 58.5 Å². The summed E-state index contributed by atoms with van der Waals surface area (Å²) >= 11 is 0. The summed E-state index contributed by atoms with van der Waals surface area (Å²) < 4.78 is 88.1. The molecule has 9 nitrogen and oxygen atoms in total. The maximum Gasteiger partial charge on any atom is 0.523 e. The van der Waals surface area contributed by atoms with Gasteiger partial charge in [0, 0.05) is 25.5 Å². The van der Waals surface area contributed by atoms with Gasteiger partial charge in [-0.05, 0) is 67.8 Å². The van der Waals surface area contributed by atoms with E-state index in [9.17, 15) is 44.8 Å². The molecular weight excluding hydrogens is 629 g/mol. The molecule has 1 amide bonds. The standard InChI is InChI=1S/C20H19F2NO4.C8H10O.C2H3F3O3S/c1-13-17(21)11-15(12-18(13)22)10-14-5-7-16(8-6-14)20(26)27-23(2)19(25)4-3-9-24;1-7-3-5-8(9-2)6-4-7;1-8-9(6,7)2(3,4)5/h5-9,11-12H,3-4,10H2,1-2H3;3-6H,1-2H3;1H3. The lowest BCUT2D eigenvalue weighted by atomic mass is 10.0. The van der Waals surface area contributed by atoms with Crippen molar-refractivity contribution in [2.75, 3.05) is 21.3 Å². The number of benzene rings is 3. The van der Waals surface area contributed by atoms with Crippen molar-refractivity contribution in [3.8, 4) is 5.75 Å². The highest BCUT2D eigenvalue weighted by Gasteiger charge is 2.46. The fraction of sp³-hybridized carbons (Fsp3) is 0.300. The maximum atomic E-state index is 13.6. The van der Waals surface area contributed by atoms with Crippen LogP contribution in [0.2, 0.25) is 0 Å². The van der Waals surface area contributed by atoms with Crippen molar-refractivity contribution in [2.45, 2.75) is 38.6 Å². The third kappa shape index (κ3) is 13.0. The summed E-state index contributed by atoms with van der Waals surface area (Å²) in [5, 5.41) is 0.789. The molecule has 15 heteroatoms. The van der Waals surface area contributed by atoms with Crippen LogP contribution in [0.15, 0.2) is 60.7 Å². The van der Waals surface area contributed by atoms with Crippen molar-refractivity contribution in [3.05, 3.63) is 100 Å². The minimum absolute atomic E-state index is 0.0244. The number of nitrogens with zero attached hydrogens (tertiary/aromatic N) is 1. The SMILES string of the molecule is COS(=O)(=O)C(F)(F)F.COc1ccc(C)cc1.Cc1c(F)cc(Cc2ccc(C(=O)ON(C)C(=O)CCC=O)cc2)cc1F. The molecule has 0 atom stereocenters. The van der Waals surface area contributed by atoms with Crippen LogP contribution in [0.25, 0.3) is 0 Å². The van der Waals surface area contributed by atoms with E-state index in [1.807, 2.05) is 24.3 Å². The predicted octanol–water partition coefficient (Wildman–Crippen LogP) is 5.86.